The Balaban J connectivity index is 1.61. The van der Waals surface area contributed by atoms with Gasteiger partial charge in [-0.15, -0.1) is 0 Å². The molecule has 3 heterocycles. The molecule has 0 saturated carbocycles. The summed E-state index contributed by atoms with van der Waals surface area (Å²) in [5.41, 5.74) is 6.74. The van der Waals surface area contributed by atoms with Crippen LogP contribution in [0.3, 0.4) is 0 Å². The Morgan fingerprint density at radius 3 is 2.71 bits per heavy atom. The molecule has 1 aromatic rings. The molecule has 2 aliphatic rings. The first kappa shape index (κ1) is 19.8. The number of amides is 1. The number of hydrogen-bond donors (Lipinski definition) is 1. The van der Waals surface area contributed by atoms with Crippen molar-refractivity contribution in [2.45, 2.75) is 39.2 Å². The van der Waals surface area contributed by atoms with Crippen molar-refractivity contribution in [2.24, 2.45) is 11.0 Å². The molecule has 7 nitrogen and oxygen atoms in total. The van der Waals surface area contributed by atoms with Gasteiger partial charge in [0, 0.05) is 37.7 Å². The molecular weight excluding hydrogens is 352 g/mol. The number of aromatic nitrogens is 2. The lowest BCUT2D eigenvalue weighted by Gasteiger charge is -2.34. The third-order valence-corrected chi connectivity index (χ3v) is 5.11. The lowest BCUT2D eigenvalue weighted by Crippen LogP contribution is -2.43. The number of piperidine rings is 1. The predicted octanol–water partition coefficient (Wildman–Crippen LogP) is 2.86. The molecule has 0 aliphatic carbocycles. The van der Waals surface area contributed by atoms with Crippen molar-refractivity contribution >= 4 is 23.8 Å². The fourth-order valence-corrected chi connectivity index (χ4v) is 3.61. The normalized spacial score (nSPS) is 20.6. The largest absolute Gasteiger partial charge is 0.384 e. The quantitative estimate of drug-likeness (QED) is 0.794. The molecule has 1 fully saturated rings. The van der Waals surface area contributed by atoms with E-state index in [0.717, 1.165) is 37.3 Å². The maximum Gasteiger partial charge on any atom is 0.246 e. The van der Waals surface area contributed by atoms with Crippen LogP contribution in [0.2, 0.25) is 0 Å². The Hall–Kier alpha value is -2.96. The summed E-state index contributed by atoms with van der Waals surface area (Å²) in [7, 11) is 0. The number of rotatable bonds is 5. The molecule has 0 aromatic carbocycles. The second-order valence-electron chi connectivity index (χ2n) is 7.15. The van der Waals surface area contributed by atoms with E-state index in [1.807, 2.05) is 38.2 Å². The third-order valence-electron chi connectivity index (χ3n) is 5.11. The molecule has 1 saturated heterocycles. The van der Waals surface area contributed by atoms with Crippen LogP contribution in [0.15, 0.2) is 47.6 Å². The van der Waals surface area contributed by atoms with E-state index in [2.05, 4.69) is 26.5 Å². The van der Waals surface area contributed by atoms with Gasteiger partial charge in [0.25, 0.3) is 0 Å². The Bertz CT molecular complexity index is 800. The highest BCUT2D eigenvalue weighted by Gasteiger charge is 2.34. The Kier molecular flexibility index (Phi) is 6.23. The lowest BCUT2D eigenvalue weighted by atomic mass is 9.94. The van der Waals surface area contributed by atoms with Crippen LogP contribution in [0.4, 0.5) is 11.6 Å². The minimum atomic E-state index is -0.0867. The zero-order valence-electron chi connectivity index (χ0n) is 16.6. The maximum absolute atomic E-state index is 13.1. The Morgan fingerprint density at radius 2 is 2.04 bits per heavy atom. The van der Waals surface area contributed by atoms with E-state index < -0.39 is 0 Å². The van der Waals surface area contributed by atoms with E-state index >= 15 is 0 Å². The zero-order chi connectivity index (χ0) is 20.1. The van der Waals surface area contributed by atoms with Gasteiger partial charge in [-0.2, -0.15) is 5.10 Å². The molecule has 0 spiro atoms. The number of nitrogens with two attached hydrogens (primary N) is 1. The van der Waals surface area contributed by atoms with Crippen LogP contribution in [0, 0.1) is 12.8 Å². The average molecular weight is 380 g/mol. The minimum Gasteiger partial charge on any atom is -0.384 e. The van der Waals surface area contributed by atoms with E-state index in [4.69, 9.17) is 5.73 Å². The van der Waals surface area contributed by atoms with Crippen molar-refractivity contribution in [3.05, 3.63) is 48.3 Å². The SMILES string of the molecule is C=C(/C=C\C=C/C)[C@@H]1CC=NN1C(=O)C1CCN(c2cc(N)nc(C)n2)CC1. The number of hydrogen-bond acceptors (Lipinski definition) is 6. The number of nitrogen functional groups attached to an aromatic ring is 1. The number of carbonyl (C=O) groups excluding carboxylic acids is 1. The molecular formula is C21H28N6O. The first-order chi connectivity index (χ1) is 13.5. The van der Waals surface area contributed by atoms with Crippen LogP contribution >= 0.6 is 0 Å². The molecule has 2 aliphatic heterocycles. The first-order valence-corrected chi connectivity index (χ1v) is 9.69. The monoisotopic (exact) mass is 380 g/mol. The average Bonchev–Trinajstić information content (AvgIpc) is 3.17. The van der Waals surface area contributed by atoms with E-state index in [1.54, 1.807) is 17.3 Å². The molecule has 2 N–H and O–H groups in total. The van der Waals surface area contributed by atoms with Crippen LogP contribution in [-0.2, 0) is 4.79 Å². The summed E-state index contributed by atoms with van der Waals surface area (Å²) in [5.74, 6) is 2.00. The highest BCUT2D eigenvalue weighted by atomic mass is 16.2. The van der Waals surface area contributed by atoms with Gasteiger partial charge in [-0.25, -0.2) is 15.0 Å². The minimum absolute atomic E-state index is 0.0402. The second kappa shape index (κ2) is 8.82. The standard InChI is InChI=1S/C21H28N6O/c1-4-5-6-7-15(2)18-8-11-23-27(18)21(28)17-9-12-26(13-10-17)20-14-19(22)24-16(3)25-20/h4-7,11,14,17-18H,2,8-10,12-13H2,1,3H3,(H2,22,24,25)/b5-4-,7-6-/t18-/m0/s1. The number of nitrogens with zero attached hydrogens (tertiary/aromatic N) is 5. The lowest BCUT2D eigenvalue weighted by molar-refractivity contribution is -0.137. The summed E-state index contributed by atoms with van der Waals surface area (Å²) in [4.78, 5) is 23.8. The van der Waals surface area contributed by atoms with Crippen LogP contribution < -0.4 is 10.6 Å². The van der Waals surface area contributed by atoms with Crippen LogP contribution in [0.25, 0.3) is 0 Å². The third kappa shape index (κ3) is 4.47. The van der Waals surface area contributed by atoms with Gasteiger partial charge >= 0.3 is 0 Å². The highest BCUT2D eigenvalue weighted by molar-refractivity contribution is 5.82. The van der Waals surface area contributed by atoms with Gasteiger partial charge in [0.2, 0.25) is 5.91 Å². The van der Waals surface area contributed by atoms with Crippen molar-refractivity contribution in [1.82, 2.24) is 15.0 Å². The van der Waals surface area contributed by atoms with E-state index in [-0.39, 0.29) is 17.9 Å². The van der Waals surface area contributed by atoms with Crippen molar-refractivity contribution in [3.63, 3.8) is 0 Å². The van der Waals surface area contributed by atoms with Gasteiger partial charge in [0.1, 0.15) is 17.5 Å². The summed E-state index contributed by atoms with van der Waals surface area (Å²) in [6.45, 7) is 9.44. The molecule has 3 rings (SSSR count). The van der Waals surface area contributed by atoms with Gasteiger partial charge in [-0.1, -0.05) is 30.9 Å². The predicted molar refractivity (Wildman–Crippen MR) is 113 cm³/mol. The summed E-state index contributed by atoms with van der Waals surface area (Å²) >= 11 is 0. The van der Waals surface area contributed by atoms with E-state index in [0.29, 0.717) is 18.1 Å². The van der Waals surface area contributed by atoms with Crippen LogP contribution in [0.5, 0.6) is 0 Å². The summed E-state index contributed by atoms with van der Waals surface area (Å²) in [5, 5.41) is 5.96. The van der Waals surface area contributed by atoms with Crippen LogP contribution in [0.1, 0.15) is 32.0 Å². The molecule has 0 unspecified atom stereocenters. The molecule has 1 aromatic heterocycles. The van der Waals surface area contributed by atoms with Gasteiger partial charge in [0.15, 0.2) is 0 Å². The fraction of sp³-hybridized carbons (Fsp3) is 0.429. The maximum atomic E-state index is 13.1. The number of anilines is 2. The fourth-order valence-electron chi connectivity index (χ4n) is 3.61. The number of carbonyl (C=O) groups is 1. The summed E-state index contributed by atoms with van der Waals surface area (Å²) < 4.78 is 0. The van der Waals surface area contributed by atoms with Crippen molar-refractivity contribution < 1.29 is 4.79 Å². The molecule has 0 radical (unpaired) electrons. The first-order valence-electron chi connectivity index (χ1n) is 9.69. The molecule has 1 atom stereocenters. The van der Waals surface area contributed by atoms with Crippen molar-refractivity contribution in [1.29, 1.82) is 0 Å². The molecule has 0 bridgehead atoms. The van der Waals surface area contributed by atoms with E-state index in [1.165, 1.54) is 0 Å². The van der Waals surface area contributed by atoms with E-state index in [9.17, 15) is 4.79 Å². The Labute approximate surface area is 166 Å². The zero-order valence-corrected chi connectivity index (χ0v) is 16.6. The number of allylic oxidation sites excluding steroid dienone is 3. The number of aryl methyl sites for hydroxylation is 1. The molecule has 7 heteroatoms. The summed E-state index contributed by atoms with van der Waals surface area (Å²) in [6.07, 6.45) is 11.8. The molecule has 1 amide bonds. The highest BCUT2D eigenvalue weighted by Crippen LogP contribution is 2.28. The van der Waals surface area contributed by atoms with Crippen molar-refractivity contribution in [3.8, 4) is 0 Å². The second-order valence-corrected chi connectivity index (χ2v) is 7.15. The number of hydrazone groups is 1. The van der Waals surface area contributed by atoms with Gasteiger partial charge in [0.05, 0.1) is 6.04 Å². The van der Waals surface area contributed by atoms with Crippen LogP contribution in [-0.4, -0.2) is 46.2 Å². The molecule has 148 valence electrons. The topological polar surface area (TPSA) is 87.7 Å². The van der Waals surface area contributed by atoms with Gasteiger partial charge in [-0.3, -0.25) is 4.79 Å². The summed E-state index contributed by atoms with van der Waals surface area (Å²) in [6, 6.07) is 1.70. The van der Waals surface area contributed by atoms with Crippen molar-refractivity contribution in [2.75, 3.05) is 23.7 Å². The Morgan fingerprint density at radius 1 is 1.29 bits per heavy atom. The smallest absolute Gasteiger partial charge is 0.246 e. The molecule has 28 heavy (non-hydrogen) atoms. The van der Waals surface area contributed by atoms with Gasteiger partial charge < -0.3 is 10.6 Å². The van der Waals surface area contributed by atoms with Gasteiger partial charge in [-0.05, 0) is 32.3 Å².